The number of rotatable bonds is 5. The first-order valence-electron chi connectivity index (χ1n) is 6.39. The molecule has 20 heavy (non-hydrogen) atoms. The Labute approximate surface area is 122 Å². The van der Waals surface area contributed by atoms with Gasteiger partial charge in [-0.3, -0.25) is 4.79 Å². The van der Waals surface area contributed by atoms with E-state index in [1.54, 1.807) is 28.9 Å². The van der Waals surface area contributed by atoms with Gasteiger partial charge in [0, 0.05) is 13.0 Å². The van der Waals surface area contributed by atoms with Gasteiger partial charge in [-0.25, -0.2) is 4.68 Å². The van der Waals surface area contributed by atoms with Crippen LogP contribution in [-0.2, 0) is 6.42 Å². The number of amides is 1. The van der Waals surface area contributed by atoms with Crippen LogP contribution in [0.2, 0.25) is 5.02 Å². The third kappa shape index (κ3) is 3.33. The van der Waals surface area contributed by atoms with Gasteiger partial charge in [-0.05, 0) is 36.4 Å². The highest BCUT2D eigenvalue weighted by atomic mass is 35.5. The number of hydrogen-bond acceptors (Lipinski definition) is 4. The molecular formula is C13H16ClN5O. The molecular weight excluding hydrogens is 278 g/mol. The molecule has 1 aromatic heterocycles. The SMILES string of the molecule is CC(C)n1nnnc1CCNC(=O)c1ccccc1Cl. The van der Waals surface area contributed by atoms with Crippen molar-refractivity contribution in [1.29, 1.82) is 0 Å². The van der Waals surface area contributed by atoms with Crippen molar-refractivity contribution in [2.45, 2.75) is 26.3 Å². The van der Waals surface area contributed by atoms with E-state index in [1.165, 1.54) is 0 Å². The predicted octanol–water partition coefficient (Wildman–Crippen LogP) is 1.88. The lowest BCUT2D eigenvalue weighted by atomic mass is 10.2. The number of carbonyl (C=O) groups is 1. The van der Waals surface area contributed by atoms with Crippen molar-refractivity contribution in [3.8, 4) is 0 Å². The average Bonchev–Trinajstić information content (AvgIpc) is 2.87. The fraction of sp³-hybridized carbons (Fsp3) is 0.385. The Kier molecular flexibility index (Phi) is 4.68. The monoisotopic (exact) mass is 293 g/mol. The summed E-state index contributed by atoms with van der Waals surface area (Å²) in [6.45, 7) is 4.46. The van der Waals surface area contributed by atoms with Crippen LogP contribution in [0, 0.1) is 0 Å². The third-order valence-electron chi connectivity index (χ3n) is 2.80. The number of carbonyl (C=O) groups excluding carboxylic acids is 1. The van der Waals surface area contributed by atoms with Crippen LogP contribution in [0.5, 0.6) is 0 Å². The number of benzene rings is 1. The van der Waals surface area contributed by atoms with Crippen LogP contribution >= 0.6 is 11.6 Å². The molecule has 0 aliphatic rings. The fourth-order valence-electron chi connectivity index (χ4n) is 1.81. The fourth-order valence-corrected chi connectivity index (χ4v) is 2.03. The van der Waals surface area contributed by atoms with Gasteiger partial charge in [0.05, 0.1) is 16.6 Å². The van der Waals surface area contributed by atoms with Crippen LogP contribution in [0.25, 0.3) is 0 Å². The van der Waals surface area contributed by atoms with E-state index in [0.717, 1.165) is 5.82 Å². The molecule has 2 aromatic rings. The summed E-state index contributed by atoms with van der Waals surface area (Å²) in [4.78, 5) is 12.0. The van der Waals surface area contributed by atoms with Gasteiger partial charge < -0.3 is 5.32 Å². The summed E-state index contributed by atoms with van der Waals surface area (Å²) in [5.41, 5.74) is 0.470. The normalized spacial score (nSPS) is 10.8. The number of nitrogens with one attached hydrogen (secondary N) is 1. The smallest absolute Gasteiger partial charge is 0.252 e. The Bertz CT molecular complexity index is 596. The molecule has 1 heterocycles. The van der Waals surface area contributed by atoms with Gasteiger partial charge >= 0.3 is 0 Å². The number of nitrogens with zero attached hydrogens (tertiary/aromatic N) is 4. The molecule has 6 nitrogen and oxygen atoms in total. The molecule has 0 aliphatic heterocycles. The summed E-state index contributed by atoms with van der Waals surface area (Å²) in [7, 11) is 0. The maximum Gasteiger partial charge on any atom is 0.252 e. The number of halogens is 1. The van der Waals surface area contributed by atoms with E-state index < -0.39 is 0 Å². The van der Waals surface area contributed by atoms with Crippen molar-refractivity contribution in [3.63, 3.8) is 0 Å². The zero-order valence-electron chi connectivity index (χ0n) is 11.4. The molecule has 0 unspecified atom stereocenters. The molecule has 0 spiro atoms. The van der Waals surface area contributed by atoms with Gasteiger partial charge in [0.15, 0.2) is 5.82 Å². The van der Waals surface area contributed by atoms with E-state index in [2.05, 4.69) is 20.8 Å². The van der Waals surface area contributed by atoms with E-state index in [-0.39, 0.29) is 11.9 Å². The Morgan fingerprint density at radius 1 is 1.40 bits per heavy atom. The van der Waals surface area contributed by atoms with Crippen molar-refractivity contribution >= 4 is 17.5 Å². The molecule has 7 heteroatoms. The van der Waals surface area contributed by atoms with Crippen molar-refractivity contribution in [1.82, 2.24) is 25.5 Å². The summed E-state index contributed by atoms with van der Waals surface area (Å²) in [5, 5.41) is 14.8. The molecule has 1 aromatic carbocycles. The summed E-state index contributed by atoms with van der Waals surface area (Å²) in [6.07, 6.45) is 0.571. The van der Waals surface area contributed by atoms with Gasteiger partial charge in [-0.2, -0.15) is 0 Å². The molecule has 106 valence electrons. The third-order valence-corrected chi connectivity index (χ3v) is 3.13. The Balaban J connectivity index is 1.92. The lowest BCUT2D eigenvalue weighted by Crippen LogP contribution is -2.27. The minimum atomic E-state index is -0.195. The largest absolute Gasteiger partial charge is 0.352 e. The van der Waals surface area contributed by atoms with Crippen molar-refractivity contribution in [3.05, 3.63) is 40.7 Å². The van der Waals surface area contributed by atoms with Crippen molar-refractivity contribution < 1.29 is 4.79 Å². The molecule has 0 aliphatic carbocycles. The van der Waals surface area contributed by atoms with E-state index in [0.29, 0.717) is 23.6 Å². The second kappa shape index (κ2) is 6.47. The van der Waals surface area contributed by atoms with Gasteiger partial charge in [-0.15, -0.1) is 5.10 Å². The highest BCUT2D eigenvalue weighted by molar-refractivity contribution is 6.33. The molecule has 0 radical (unpaired) electrons. The second-order valence-electron chi connectivity index (χ2n) is 4.62. The van der Waals surface area contributed by atoms with Crippen LogP contribution in [0.4, 0.5) is 0 Å². The minimum absolute atomic E-state index is 0.194. The Morgan fingerprint density at radius 2 is 2.15 bits per heavy atom. The van der Waals surface area contributed by atoms with Gasteiger partial charge in [0.1, 0.15) is 0 Å². The van der Waals surface area contributed by atoms with Crippen LogP contribution in [0.15, 0.2) is 24.3 Å². The minimum Gasteiger partial charge on any atom is -0.352 e. The average molecular weight is 294 g/mol. The van der Waals surface area contributed by atoms with Crippen LogP contribution < -0.4 is 5.32 Å². The summed E-state index contributed by atoms with van der Waals surface area (Å²) in [5.74, 6) is 0.554. The molecule has 0 bridgehead atoms. The zero-order valence-corrected chi connectivity index (χ0v) is 12.1. The summed E-state index contributed by atoms with van der Waals surface area (Å²) in [6, 6.07) is 7.14. The molecule has 0 atom stereocenters. The molecule has 0 saturated carbocycles. The number of aromatic nitrogens is 4. The first kappa shape index (κ1) is 14.5. The van der Waals surface area contributed by atoms with E-state index in [9.17, 15) is 4.79 Å². The van der Waals surface area contributed by atoms with Crippen LogP contribution in [-0.4, -0.2) is 32.7 Å². The van der Waals surface area contributed by atoms with Crippen molar-refractivity contribution in [2.24, 2.45) is 0 Å². The zero-order chi connectivity index (χ0) is 14.5. The lowest BCUT2D eigenvalue weighted by molar-refractivity contribution is 0.0954. The van der Waals surface area contributed by atoms with Crippen LogP contribution in [0.3, 0.4) is 0 Å². The molecule has 1 N–H and O–H groups in total. The maximum atomic E-state index is 12.0. The van der Waals surface area contributed by atoms with E-state index in [1.807, 2.05) is 13.8 Å². The predicted molar refractivity (Wildman–Crippen MR) is 75.7 cm³/mol. The van der Waals surface area contributed by atoms with E-state index in [4.69, 9.17) is 11.6 Å². The first-order valence-corrected chi connectivity index (χ1v) is 6.77. The number of tetrazole rings is 1. The quantitative estimate of drug-likeness (QED) is 0.913. The van der Waals surface area contributed by atoms with Gasteiger partial charge in [-0.1, -0.05) is 23.7 Å². The summed E-state index contributed by atoms with van der Waals surface area (Å²) >= 11 is 5.97. The molecule has 1 amide bonds. The lowest BCUT2D eigenvalue weighted by Gasteiger charge is -2.09. The highest BCUT2D eigenvalue weighted by Crippen LogP contribution is 2.14. The number of hydrogen-bond donors (Lipinski definition) is 1. The molecule has 0 saturated heterocycles. The Morgan fingerprint density at radius 3 is 2.85 bits per heavy atom. The summed E-state index contributed by atoms with van der Waals surface area (Å²) < 4.78 is 1.74. The standard InChI is InChI=1S/C13H16ClN5O/c1-9(2)19-12(16-17-18-19)7-8-15-13(20)10-5-3-4-6-11(10)14/h3-6,9H,7-8H2,1-2H3,(H,15,20). The Hall–Kier alpha value is -1.95. The molecule has 0 fully saturated rings. The van der Waals surface area contributed by atoms with Crippen LogP contribution in [0.1, 0.15) is 36.1 Å². The maximum absolute atomic E-state index is 12.0. The highest BCUT2D eigenvalue weighted by Gasteiger charge is 2.11. The first-order chi connectivity index (χ1) is 9.59. The molecule has 2 rings (SSSR count). The van der Waals surface area contributed by atoms with E-state index >= 15 is 0 Å². The van der Waals surface area contributed by atoms with Gasteiger partial charge in [0.2, 0.25) is 0 Å². The topological polar surface area (TPSA) is 72.7 Å². The van der Waals surface area contributed by atoms with Gasteiger partial charge in [0.25, 0.3) is 5.91 Å². The second-order valence-corrected chi connectivity index (χ2v) is 5.03. The van der Waals surface area contributed by atoms with Crippen molar-refractivity contribution in [2.75, 3.05) is 6.54 Å².